The van der Waals surface area contributed by atoms with Crippen LogP contribution in [-0.2, 0) is 0 Å². The van der Waals surface area contributed by atoms with Crippen LogP contribution in [0.5, 0.6) is 0 Å². The third-order valence-corrected chi connectivity index (χ3v) is 4.63. The quantitative estimate of drug-likeness (QED) is 0.850. The standard InChI is InChI=1S/C14H25F3N2/c1-10(2)18-9-11-3-4-13(11)19-7-5-12(6-8-19)14(15,16)17/h10-13,18H,3-9H2,1-2H3. The molecular weight excluding hydrogens is 253 g/mol. The number of hydrogen-bond acceptors (Lipinski definition) is 2. The van der Waals surface area contributed by atoms with Crippen LogP contribution >= 0.6 is 0 Å². The molecule has 1 saturated heterocycles. The van der Waals surface area contributed by atoms with Crippen molar-refractivity contribution in [3.8, 4) is 0 Å². The molecule has 19 heavy (non-hydrogen) atoms. The highest BCUT2D eigenvalue weighted by Crippen LogP contribution is 2.38. The van der Waals surface area contributed by atoms with Crippen LogP contribution in [-0.4, -0.2) is 42.8 Å². The highest BCUT2D eigenvalue weighted by Gasteiger charge is 2.44. The maximum atomic E-state index is 12.6. The zero-order chi connectivity index (χ0) is 14.0. The van der Waals surface area contributed by atoms with Crippen LogP contribution in [0, 0.1) is 11.8 Å². The van der Waals surface area contributed by atoms with E-state index in [9.17, 15) is 13.2 Å². The van der Waals surface area contributed by atoms with Crippen LogP contribution in [0.4, 0.5) is 13.2 Å². The van der Waals surface area contributed by atoms with Crippen molar-refractivity contribution in [1.29, 1.82) is 0 Å². The molecule has 1 aliphatic carbocycles. The van der Waals surface area contributed by atoms with E-state index in [-0.39, 0.29) is 12.8 Å². The fourth-order valence-electron chi connectivity index (χ4n) is 3.22. The summed E-state index contributed by atoms with van der Waals surface area (Å²) in [6.45, 7) is 6.49. The van der Waals surface area contributed by atoms with Crippen molar-refractivity contribution in [2.45, 2.75) is 57.8 Å². The number of hydrogen-bond donors (Lipinski definition) is 1. The molecule has 1 aliphatic heterocycles. The first-order chi connectivity index (χ1) is 8.88. The molecule has 2 rings (SSSR count). The molecule has 1 N–H and O–H groups in total. The number of halogens is 3. The average Bonchev–Trinajstić information content (AvgIpc) is 2.26. The Hall–Kier alpha value is -0.290. The molecule has 1 heterocycles. The van der Waals surface area contributed by atoms with Crippen LogP contribution in [0.3, 0.4) is 0 Å². The highest BCUT2D eigenvalue weighted by atomic mass is 19.4. The van der Waals surface area contributed by atoms with Gasteiger partial charge in [-0.05, 0) is 51.2 Å². The number of alkyl halides is 3. The third-order valence-electron chi connectivity index (χ3n) is 4.63. The Balaban J connectivity index is 1.75. The third kappa shape index (κ3) is 3.85. The van der Waals surface area contributed by atoms with Crippen LogP contribution in [0.25, 0.3) is 0 Å². The van der Waals surface area contributed by atoms with Gasteiger partial charge in [0.1, 0.15) is 0 Å². The maximum absolute atomic E-state index is 12.6. The second-order valence-corrected chi connectivity index (χ2v) is 6.32. The first-order valence-corrected chi connectivity index (χ1v) is 7.42. The minimum Gasteiger partial charge on any atom is -0.314 e. The van der Waals surface area contributed by atoms with Gasteiger partial charge in [0, 0.05) is 12.1 Å². The monoisotopic (exact) mass is 278 g/mol. The van der Waals surface area contributed by atoms with Crippen molar-refractivity contribution in [3.63, 3.8) is 0 Å². The summed E-state index contributed by atoms with van der Waals surface area (Å²) >= 11 is 0. The van der Waals surface area contributed by atoms with Crippen LogP contribution in [0.2, 0.25) is 0 Å². The number of nitrogens with zero attached hydrogens (tertiary/aromatic N) is 1. The number of likely N-dealkylation sites (tertiary alicyclic amines) is 1. The Kier molecular flexibility index (Phi) is 4.77. The van der Waals surface area contributed by atoms with Crippen molar-refractivity contribution in [2.75, 3.05) is 19.6 Å². The molecule has 1 saturated carbocycles. The first kappa shape index (κ1) is 15.1. The van der Waals surface area contributed by atoms with Gasteiger partial charge < -0.3 is 10.2 Å². The summed E-state index contributed by atoms with van der Waals surface area (Å²) in [6, 6.07) is 0.998. The van der Waals surface area contributed by atoms with E-state index >= 15 is 0 Å². The van der Waals surface area contributed by atoms with Gasteiger partial charge in [-0.25, -0.2) is 0 Å². The predicted octanol–water partition coefficient (Wildman–Crippen LogP) is 3.04. The van der Waals surface area contributed by atoms with Crippen LogP contribution in [0.15, 0.2) is 0 Å². The fraction of sp³-hybridized carbons (Fsp3) is 1.00. The van der Waals surface area contributed by atoms with E-state index in [2.05, 4.69) is 24.1 Å². The lowest BCUT2D eigenvalue weighted by atomic mass is 9.77. The Labute approximate surface area is 113 Å². The summed E-state index contributed by atoms with van der Waals surface area (Å²) in [6.07, 6.45) is -1.07. The molecule has 2 fully saturated rings. The highest BCUT2D eigenvalue weighted by molar-refractivity contribution is 4.92. The molecule has 5 heteroatoms. The van der Waals surface area contributed by atoms with E-state index in [1.54, 1.807) is 0 Å². The topological polar surface area (TPSA) is 15.3 Å². The second-order valence-electron chi connectivity index (χ2n) is 6.32. The van der Waals surface area contributed by atoms with Crippen molar-refractivity contribution >= 4 is 0 Å². The molecule has 0 aromatic heterocycles. The van der Waals surface area contributed by atoms with Gasteiger partial charge in [-0.3, -0.25) is 0 Å². The Bertz CT molecular complexity index is 283. The smallest absolute Gasteiger partial charge is 0.314 e. The summed E-state index contributed by atoms with van der Waals surface area (Å²) in [5.41, 5.74) is 0. The molecule has 0 bridgehead atoms. The Morgan fingerprint density at radius 1 is 1.11 bits per heavy atom. The number of piperidine rings is 1. The van der Waals surface area contributed by atoms with E-state index in [0.29, 0.717) is 31.1 Å². The lowest BCUT2D eigenvalue weighted by Gasteiger charge is -2.47. The lowest BCUT2D eigenvalue weighted by molar-refractivity contribution is -0.187. The van der Waals surface area contributed by atoms with E-state index in [1.807, 2.05) is 0 Å². The Morgan fingerprint density at radius 3 is 2.16 bits per heavy atom. The molecule has 2 nitrogen and oxygen atoms in total. The zero-order valence-electron chi connectivity index (χ0n) is 11.8. The van der Waals surface area contributed by atoms with E-state index in [0.717, 1.165) is 13.0 Å². The van der Waals surface area contributed by atoms with Gasteiger partial charge >= 0.3 is 6.18 Å². The number of rotatable bonds is 4. The van der Waals surface area contributed by atoms with E-state index < -0.39 is 12.1 Å². The molecule has 112 valence electrons. The normalized spacial score (nSPS) is 30.6. The van der Waals surface area contributed by atoms with E-state index in [4.69, 9.17) is 0 Å². The van der Waals surface area contributed by atoms with Crippen molar-refractivity contribution in [3.05, 3.63) is 0 Å². The molecule has 2 atom stereocenters. The average molecular weight is 278 g/mol. The van der Waals surface area contributed by atoms with Gasteiger partial charge in [-0.2, -0.15) is 13.2 Å². The van der Waals surface area contributed by atoms with Crippen molar-refractivity contribution < 1.29 is 13.2 Å². The largest absolute Gasteiger partial charge is 0.391 e. The summed E-state index contributed by atoms with van der Waals surface area (Å²) in [7, 11) is 0. The fourth-order valence-corrected chi connectivity index (χ4v) is 3.22. The van der Waals surface area contributed by atoms with Gasteiger partial charge in [-0.1, -0.05) is 13.8 Å². The van der Waals surface area contributed by atoms with Gasteiger partial charge in [0.2, 0.25) is 0 Å². The summed E-state index contributed by atoms with van der Waals surface area (Å²) < 4.78 is 37.9. The molecular formula is C14H25F3N2. The molecule has 0 spiro atoms. The minimum absolute atomic E-state index is 0.282. The molecule has 0 radical (unpaired) electrons. The van der Waals surface area contributed by atoms with Crippen LogP contribution < -0.4 is 5.32 Å². The first-order valence-electron chi connectivity index (χ1n) is 7.42. The van der Waals surface area contributed by atoms with Gasteiger partial charge in [0.25, 0.3) is 0 Å². The molecule has 2 aliphatic rings. The number of nitrogens with one attached hydrogen (secondary N) is 1. The van der Waals surface area contributed by atoms with Crippen LogP contribution in [0.1, 0.15) is 39.5 Å². The molecule has 0 aromatic carbocycles. The minimum atomic E-state index is -4.00. The zero-order valence-corrected chi connectivity index (χ0v) is 11.8. The Morgan fingerprint density at radius 2 is 1.74 bits per heavy atom. The summed E-state index contributed by atoms with van der Waals surface area (Å²) in [5, 5.41) is 3.44. The van der Waals surface area contributed by atoms with Crippen molar-refractivity contribution in [2.24, 2.45) is 11.8 Å². The maximum Gasteiger partial charge on any atom is 0.391 e. The SMILES string of the molecule is CC(C)NCC1CCC1N1CCC(C(F)(F)F)CC1. The van der Waals surface area contributed by atoms with Gasteiger partial charge in [0.05, 0.1) is 5.92 Å². The lowest BCUT2D eigenvalue weighted by Crippen LogP contribution is -2.54. The molecule has 0 amide bonds. The predicted molar refractivity (Wildman–Crippen MR) is 70.0 cm³/mol. The van der Waals surface area contributed by atoms with E-state index in [1.165, 1.54) is 6.42 Å². The van der Waals surface area contributed by atoms with Gasteiger partial charge in [0.15, 0.2) is 0 Å². The second kappa shape index (κ2) is 6.00. The van der Waals surface area contributed by atoms with Crippen molar-refractivity contribution in [1.82, 2.24) is 10.2 Å². The summed E-state index contributed by atoms with van der Waals surface area (Å²) in [4.78, 5) is 2.29. The summed E-state index contributed by atoms with van der Waals surface area (Å²) in [5.74, 6) is -0.444. The molecule has 2 unspecified atom stereocenters. The van der Waals surface area contributed by atoms with Gasteiger partial charge in [-0.15, -0.1) is 0 Å². The molecule has 0 aromatic rings.